The molecule has 21 heavy (non-hydrogen) atoms. The summed E-state index contributed by atoms with van der Waals surface area (Å²) in [4.78, 5) is 24.3. The SMILES string of the molecule is CCN(CC)C(=O)CN(C)c1ncc(CNC(C)C)cn1. The minimum Gasteiger partial charge on any atom is -0.342 e. The fourth-order valence-corrected chi connectivity index (χ4v) is 1.91. The van der Waals surface area contributed by atoms with Crippen LogP contribution in [0.5, 0.6) is 0 Å². The van der Waals surface area contributed by atoms with Crippen molar-refractivity contribution in [3.05, 3.63) is 18.0 Å². The first-order chi connectivity index (χ1) is 9.97. The van der Waals surface area contributed by atoms with Gasteiger partial charge in [-0.1, -0.05) is 13.8 Å². The lowest BCUT2D eigenvalue weighted by atomic mass is 10.3. The Labute approximate surface area is 127 Å². The molecule has 0 unspecified atom stereocenters. The predicted octanol–water partition coefficient (Wildman–Crippen LogP) is 1.28. The van der Waals surface area contributed by atoms with Crippen LogP contribution in [0.1, 0.15) is 33.3 Å². The van der Waals surface area contributed by atoms with Crippen molar-refractivity contribution in [2.75, 3.05) is 31.6 Å². The Morgan fingerprint density at radius 1 is 1.24 bits per heavy atom. The van der Waals surface area contributed by atoms with Gasteiger partial charge in [0.25, 0.3) is 0 Å². The van der Waals surface area contributed by atoms with E-state index in [4.69, 9.17) is 0 Å². The van der Waals surface area contributed by atoms with E-state index in [1.54, 1.807) is 22.2 Å². The average molecular weight is 293 g/mol. The third-order valence-corrected chi connectivity index (χ3v) is 3.24. The van der Waals surface area contributed by atoms with Gasteiger partial charge in [0.2, 0.25) is 11.9 Å². The van der Waals surface area contributed by atoms with E-state index < -0.39 is 0 Å². The molecule has 1 amide bonds. The summed E-state index contributed by atoms with van der Waals surface area (Å²) >= 11 is 0. The van der Waals surface area contributed by atoms with E-state index in [9.17, 15) is 4.79 Å². The Morgan fingerprint density at radius 2 is 1.81 bits per heavy atom. The highest BCUT2D eigenvalue weighted by Gasteiger charge is 2.14. The van der Waals surface area contributed by atoms with E-state index in [0.717, 1.165) is 25.2 Å². The lowest BCUT2D eigenvalue weighted by Crippen LogP contribution is -2.39. The van der Waals surface area contributed by atoms with Crippen LogP contribution in [0.15, 0.2) is 12.4 Å². The maximum atomic E-state index is 12.1. The van der Waals surface area contributed by atoms with E-state index >= 15 is 0 Å². The Kier molecular flexibility index (Phi) is 7.08. The van der Waals surface area contributed by atoms with Crippen LogP contribution in [0.3, 0.4) is 0 Å². The topological polar surface area (TPSA) is 61.4 Å². The zero-order chi connectivity index (χ0) is 15.8. The van der Waals surface area contributed by atoms with Crippen LogP contribution in [0, 0.1) is 0 Å². The number of carbonyl (C=O) groups is 1. The van der Waals surface area contributed by atoms with E-state index in [-0.39, 0.29) is 5.91 Å². The second-order valence-corrected chi connectivity index (χ2v) is 5.35. The molecule has 0 saturated heterocycles. The van der Waals surface area contributed by atoms with Gasteiger partial charge in [0, 0.05) is 50.7 Å². The maximum Gasteiger partial charge on any atom is 0.242 e. The van der Waals surface area contributed by atoms with Crippen LogP contribution in [0.2, 0.25) is 0 Å². The Balaban J connectivity index is 2.58. The van der Waals surface area contributed by atoms with Crippen molar-refractivity contribution in [2.24, 2.45) is 0 Å². The molecule has 0 spiro atoms. The summed E-state index contributed by atoms with van der Waals surface area (Å²) in [7, 11) is 1.84. The number of anilines is 1. The fraction of sp³-hybridized carbons (Fsp3) is 0.667. The zero-order valence-electron chi connectivity index (χ0n) is 13.8. The number of hydrogen-bond acceptors (Lipinski definition) is 5. The first-order valence-electron chi connectivity index (χ1n) is 7.51. The monoisotopic (exact) mass is 293 g/mol. The Morgan fingerprint density at radius 3 is 2.29 bits per heavy atom. The fourth-order valence-electron chi connectivity index (χ4n) is 1.91. The molecule has 0 aromatic carbocycles. The van der Waals surface area contributed by atoms with Gasteiger partial charge in [0.15, 0.2) is 0 Å². The molecular formula is C15H27N5O. The Hall–Kier alpha value is -1.69. The first kappa shape index (κ1) is 17.4. The molecule has 0 saturated carbocycles. The van der Waals surface area contributed by atoms with Gasteiger partial charge in [-0.3, -0.25) is 4.79 Å². The molecule has 1 aromatic rings. The van der Waals surface area contributed by atoms with Gasteiger partial charge in [-0.2, -0.15) is 0 Å². The number of likely N-dealkylation sites (N-methyl/N-ethyl adjacent to an activating group) is 2. The smallest absolute Gasteiger partial charge is 0.242 e. The van der Waals surface area contributed by atoms with E-state index in [2.05, 4.69) is 29.1 Å². The second kappa shape index (κ2) is 8.56. The standard InChI is InChI=1S/C15H27N5O/c1-6-20(7-2)14(21)11-19(5)15-17-9-13(10-18-15)8-16-12(3)4/h9-10,12,16H,6-8,11H2,1-5H3. The highest BCUT2D eigenvalue weighted by Crippen LogP contribution is 2.06. The second-order valence-electron chi connectivity index (χ2n) is 5.35. The zero-order valence-corrected chi connectivity index (χ0v) is 13.8. The van der Waals surface area contributed by atoms with Crippen LogP contribution in [0.4, 0.5) is 5.95 Å². The Bertz CT molecular complexity index is 428. The average Bonchev–Trinajstić information content (AvgIpc) is 2.46. The molecule has 1 rings (SSSR count). The molecule has 0 aliphatic heterocycles. The van der Waals surface area contributed by atoms with Gasteiger partial charge >= 0.3 is 0 Å². The molecule has 0 radical (unpaired) electrons. The van der Waals surface area contributed by atoms with Crippen LogP contribution in [-0.2, 0) is 11.3 Å². The quantitative estimate of drug-likeness (QED) is 0.782. The summed E-state index contributed by atoms with van der Waals surface area (Å²) in [5, 5.41) is 3.32. The summed E-state index contributed by atoms with van der Waals surface area (Å²) in [6.45, 7) is 10.7. The van der Waals surface area contributed by atoms with Gasteiger partial charge in [-0.15, -0.1) is 0 Å². The van der Waals surface area contributed by atoms with Gasteiger partial charge in [0.1, 0.15) is 0 Å². The van der Waals surface area contributed by atoms with Gasteiger partial charge < -0.3 is 15.1 Å². The molecule has 0 aliphatic rings. The van der Waals surface area contributed by atoms with Gasteiger partial charge in [-0.05, 0) is 13.8 Å². The normalized spacial score (nSPS) is 10.8. The van der Waals surface area contributed by atoms with Crippen LogP contribution in [-0.4, -0.2) is 53.5 Å². The van der Waals surface area contributed by atoms with Crippen LogP contribution in [0.25, 0.3) is 0 Å². The minimum absolute atomic E-state index is 0.0941. The number of aromatic nitrogens is 2. The summed E-state index contributed by atoms with van der Waals surface area (Å²) in [5.41, 5.74) is 1.04. The van der Waals surface area contributed by atoms with E-state index in [1.807, 2.05) is 20.9 Å². The molecule has 1 heterocycles. The van der Waals surface area contributed by atoms with Crippen LogP contribution < -0.4 is 10.2 Å². The van der Waals surface area contributed by atoms with Crippen molar-refractivity contribution in [3.63, 3.8) is 0 Å². The van der Waals surface area contributed by atoms with E-state index in [1.165, 1.54) is 0 Å². The molecule has 0 atom stereocenters. The summed E-state index contributed by atoms with van der Waals surface area (Å²) in [5.74, 6) is 0.667. The summed E-state index contributed by atoms with van der Waals surface area (Å²) in [6.07, 6.45) is 3.60. The molecule has 6 heteroatoms. The van der Waals surface area contributed by atoms with Crippen molar-refractivity contribution >= 4 is 11.9 Å². The summed E-state index contributed by atoms with van der Waals surface area (Å²) in [6, 6.07) is 0.430. The number of amides is 1. The highest BCUT2D eigenvalue weighted by molar-refractivity contribution is 5.80. The van der Waals surface area contributed by atoms with Crippen molar-refractivity contribution in [2.45, 2.75) is 40.3 Å². The van der Waals surface area contributed by atoms with Gasteiger partial charge in [0.05, 0.1) is 6.54 Å². The number of nitrogens with zero attached hydrogens (tertiary/aromatic N) is 4. The lowest BCUT2D eigenvalue weighted by Gasteiger charge is -2.23. The third-order valence-electron chi connectivity index (χ3n) is 3.24. The minimum atomic E-state index is 0.0941. The lowest BCUT2D eigenvalue weighted by molar-refractivity contribution is -0.129. The summed E-state index contributed by atoms with van der Waals surface area (Å²) < 4.78 is 0. The maximum absolute atomic E-state index is 12.1. The van der Waals surface area contributed by atoms with Crippen molar-refractivity contribution < 1.29 is 4.79 Å². The number of nitrogens with one attached hydrogen (secondary N) is 1. The van der Waals surface area contributed by atoms with Crippen LogP contribution >= 0.6 is 0 Å². The molecule has 1 aromatic heterocycles. The third kappa shape index (κ3) is 5.67. The first-order valence-corrected chi connectivity index (χ1v) is 7.51. The molecule has 0 aliphatic carbocycles. The van der Waals surface area contributed by atoms with Gasteiger partial charge in [-0.25, -0.2) is 9.97 Å². The van der Waals surface area contributed by atoms with E-state index in [0.29, 0.717) is 18.5 Å². The number of carbonyl (C=O) groups excluding carboxylic acids is 1. The molecule has 118 valence electrons. The highest BCUT2D eigenvalue weighted by atomic mass is 16.2. The molecular weight excluding hydrogens is 266 g/mol. The predicted molar refractivity (Wildman–Crippen MR) is 85.2 cm³/mol. The number of hydrogen-bond donors (Lipinski definition) is 1. The van der Waals surface area contributed by atoms with Crippen molar-refractivity contribution in [3.8, 4) is 0 Å². The molecule has 6 nitrogen and oxygen atoms in total. The number of rotatable bonds is 8. The molecule has 1 N–H and O–H groups in total. The van der Waals surface area contributed by atoms with Crippen molar-refractivity contribution in [1.82, 2.24) is 20.2 Å². The van der Waals surface area contributed by atoms with Crippen molar-refractivity contribution in [1.29, 1.82) is 0 Å². The largest absolute Gasteiger partial charge is 0.342 e. The molecule has 0 fully saturated rings. The molecule has 0 bridgehead atoms.